The van der Waals surface area contributed by atoms with E-state index >= 15 is 0 Å². The van der Waals surface area contributed by atoms with Gasteiger partial charge in [0.1, 0.15) is 6.33 Å². The van der Waals surface area contributed by atoms with Crippen molar-refractivity contribution in [3.05, 3.63) is 35.7 Å². The van der Waals surface area contributed by atoms with Crippen LogP contribution in [0.2, 0.25) is 0 Å². The minimum Gasteiger partial charge on any atom is -0.244 e. The maximum atomic E-state index is 3.97. The van der Waals surface area contributed by atoms with Gasteiger partial charge in [0.05, 0.1) is 0 Å². The summed E-state index contributed by atoms with van der Waals surface area (Å²) in [6.45, 7) is 2.10. The maximum absolute atomic E-state index is 3.97. The van der Waals surface area contributed by atoms with E-state index in [0.29, 0.717) is 0 Å². The van der Waals surface area contributed by atoms with E-state index in [1.165, 1.54) is 9.75 Å². The van der Waals surface area contributed by atoms with Crippen LogP contribution < -0.4 is 0 Å². The first kappa shape index (κ1) is 7.43. The lowest BCUT2D eigenvalue weighted by Crippen LogP contribution is -1.77. The highest BCUT2D eigenvalue weighted by molar-refractivity contribution is 7.15. The van der Waals surface area contributed by atoms with Crippen molar-refractivity contribution in [2.45, 2.75) is 6.92 Å². The van der Waals surface area contributed by atoms with Gasteiger partial charge in [-0.1, -0.05) is 0 Å². The molecule has 0 spiro atoms. The zero-order valence-electron chi connectivity index (χ0n) is 6.69. The van der Waals surface area contributed by atoms with Crippen LogP contribution in [0.15, 0.2) is 30.9 Å². The van der Waals surface area contributed by atoms with Gasteiger partial charge >= 0.3 is 0 Å². The van der Waals surface area contributed by atoms with Crippen LogP contribution >= 0.6 is 11.3 Å². The molecule has 0 fully saturated rings. The van der Waals surface area contributed by atoms with E-state index in [9.17, 15) is 0 Å². The Balaban J connectivity index is 2.45. The summed E-state index contributed by atoms with van der Waals surface area (Å²) >= 11 is 1.76. The minimum atomic E-state index is 1.09. The molecule has 0 saturated heterocycles. The van der Waals surface area contributed by atoms with Crippen LogP contribution in [-0.4, -0.2) is 9.97 Å². The topological polar surface area (TPSA) is 25.8 Å². The van der Waals surface area contributed by atoms with E-state index in [1.807, 2.05) is 12.4 Å². The largest absolute Gasteiger partial charge is 0.244 e. The second kappa shape index (κ2) is 3.03. The molecule has 12 heavy (non-hydrogen) atoms. The Bertz CT molecular complexity index is 367. The van der Waals surface area contributed by atoms with E-state index in [1.54, 1.807) is 17.7 Å². The summed E-state index contributed by atoms with van der Waals surface area (Å²) in [4.78, 5) is 10.5. The third kappa shape index (κ3) is 1.36. The van der Waals surface area contributed by atoms with E-state index in [-0.39, 0.29) is 0 Å². The molecule has 2 rings (SSSR count). The van der Waals surface area contributed by atoms with E-state index in [4.69, 9.17) is 0 Å². The Kier molecular flexibility index (Phi) is 1.87. The Hall–Kier alpha value is -1.22. The van der Waals surface area contributed by atoms with Crippen LogP contribution in [-0.2, 0) is 0 Å². The van der Waals surface area contributed by atoms with E-state index in [0.717, 1.165) is 5.56 Å². The molecule has 0 aromatic carbocycles. The van der Waals surface area contributed by atoms with Crippen LogP contribution in [0.3, 0.4) is 0 Å². The van der Waals surface area contributed by atoms with Crippen LogP contribution in [0, 0.1) is 6.92 Å². The second-order valence-corrected chi connectivity index (χ2v) is 3.83. The van der Waals surface area contributed by atoms with Crippen molar-refractivity contribution in [1.29, 1.82) is 0 Å². The first-order chi connectivity index (χ1) is 5.86. The standard InChI is InChI=1S/C9H8N2S/c1-7-2-3-9(12-7)8-4-10-6-11-5-8/h2-6H,1H3. The average Bonchev–Trinajstić information content (AvgIpc) is 2.54. The van der Waals surface area contributed by atoms with Gasteiger partial charge in [-0.05, 0) is 19.1 Å². The van der Waals surface area contributed by atoms with Gasteiger partial charge in [0.15, 0.2) is 0 Å². The summed E-state index contributed by atoms with van der Waals surface area (Å²) in [5.74, 6) is 0. The highest BCUT2D eigenvalue weighted by Gasteiger charge is 1.99. The molecule has 2 aromatic heterocycles. The molecular formula is C9H8N2S. The molecule has 0 radical (unpaired) electrons. The van der Waals surface area contributed by atoms with Crippen molar-refractivity contribution in [2.75, 3.05) is 0 Å². The average molecular weight is 176 g/mol. The van der Waals surface area contributed by atoms with Crippen LogP contribution in [0.1, 0.15) is 4.88 Å². The monoisotopic (exact) mass is 176 g/mol. The Morgan fingerprint density at radius 3 is 2.50 bits per heavy atom. The molecule has 2 nitrogen and oxygen atoms in total. The van der Waals surface area contributed by atoms with Crippen molar-refractivity contribution >= 4 is 11.3 Å². The third-order valence-electron chi connectivity index (χ3n) is 1.59. The Morgan fingerprint density at radius 2 is 1.92 bits per heavy atom. The first-order valence-electron chi connectivity index (χ1n) is 3.68. The normalized spacial score (nSPS) is 10.1. The predicted molar refractivity (Wildman–Crippen MR) is 50.1 cm³/mol. The van der Waals surface area contributed by atoms with Gasteiger partial charge in [0.2, 0.25) is 0 Å². The van der Waals surface area contributed by atoms with Crippen molar-refractivity contribution in [3.63, 3.8) is 0 Å². The fourth-order valence-electron chi connectivity index (χ4n) is 1.02. The number of aryl methyl sites for hydroxylation is 1. The zero-order chi connectivity index (χ0) is 8.39. The highest BCUT2D eigenvalue weighted by Crippen LogP contribution is 2.25. The van der Waals surface area contributed by atoms with E-state index < -0.39 is 0 Å². The van der Waals surface area contributed by atoms with Gasteiger partial charge in [-0.25, -0.2) is 9.97 Å². The van der Waals surface area contributed by atoms with Crippen molar-refractivity contribution in [1.82, 2.24) is 9.97 Å². The van der Waals surface area contributed by atoms with E-state index in [2.05, 4.69) is 29.0 Å². The fourth-order valence-corrected chi connectivity index (χ4v) is 1.86. The molecule has 0 aliphatic carbocycles. The highest BCUT2D eigenvalue weighted by atomic mass is 32.1. The second-order valence-electron chi connectivity index (χ2n) is 2.54. The molecule has 2 heterocycles. The molecule has 0 N–H and O–H groups in total. The summed E-state index contributed by atoms with van der Waals surface area (Å²) < 4.78 is 0. The molecule has 0 aliphatic rings. The van der Waals surface area contributed by atoms with Gasteiger partial charge in [-0.3, -0.25) is 0 Å². The number of aromatic nitrogens is 2. The lowest BCUT2D eigenvalue weighted by molar-refractivity contribution is 1.17. The molecule has 2 aromatic rings. The predicted octanol–water partition coefficient (Wildman–Crippen LogP) is 2.51. The summed E-state index contributed by atoms with van der Waals surface area (Å²) in [6.07, 6.45) is 5.21. The number of hydrogen-bond donors (Lipinski definition) is 0. The van der Waals surface area contributed by atoms with Gasteiger partial charge in [-0.2, -0.15) is 0 Å². The molecule has 3 heteroatoms. The molecule has 0 atom stereocenters. The molecule has 0 saturated carbocycles. The first-order valence-corrected chi connectivity index (χ1v) is 4.50. The Morgan fingerprint density at radius 1 is 1.17 bits per heavy atom. The lowest BCUT2D eigenvalue weighted by Gasteiger charge is -1.92. The third-order valence-corrected chi connectivity index (χ3v) is 2.64. The number of nitrogens with zero attached hydrogens (tertiary/aromatic N) is 2. The molecule has 0 bridgehead atoms. The SMILES string of the molecule is Cc1ccc(-c2cncnc2)s1. The van der Waals surface area contributed by atoms with Gasteiger partial charge in [0.25, 0.3) is 0 Å². The molecular weight excluding hydrogens is 168 g/mol. The number of hydrogen-bond acceptors (Lipinski definition) is 3. The lowest BCUT2D eigenvalue weighted by atomic mass is 10.3. The summed E-state index contributed by atoms with van der Waals surface area (Å²) in [6, 6.07) is 4.20. The van der Waals surface area contributed by atoms with Crippen LogP contribution in [0.4, 0.5) is 0 Å². The number of thiophene rings is 1. The molecule has 0 unspecified atom stereocenters. The summed E-state index contributed by atoms with van der Waals surface area (Å²) in [7, 11) is 0. The summed E-state index contributed by atoms with van der Waals surface area (Å²) in [5, 5.41) is 0. The number of rotatable bonds is 1. The zero-order valence-corrected chi connectivity index (χ0v) is 7.51. The summed E-state index contributed by atoms with van der Waals surface area (Å²) in [5.41, 5.74) is 1.09. The molecule has 0 aliphatic heterocycles. The minimum absolute atomic E-state index is 1.09. The van der Waals surface area contributed by atoms with Gasteiger partial charge < -0.3 is 0 Å². The van der Waals surface area contributed by atoms with Crippen molar-refractivity contribution in [3.8, 4) is 10.4 Å². The van der Waals surface area contributed by atoms with Crippen LogP contribution in [0.5, 0.6) is 0 Å². The maximum Gasteiger partial charge on any atom is 0.115 e. The fraction of sp³-hybridized carbons (Fsp3) is 0.111. The van der Waals surface area contributed by atoms with Gasteiger partial charge in [0, 0.05) is 27.7 Å². The van der Waals surface area contributed by atoms with Crippen LogP contribution in [0.25, 0.3) is 10.4 Å². The molecule has 60 valence electrons. The smallest absolute Gasteiger partial charge is 0.115 e. The Labute approximate surface area is 74.9 Å². The molecule has 0 amide bonds. The van der Waals surface area contributed by atoms with Crippen molar-refractivity contribution in [2.24, 2.45) is 0 Å². The van der Waals surface area contributed by atoms with Crippen molar-refractivity contribution < 1.29 is 0 Å². The quantitative estimate of drug-likeness (QED) is 0.667. The van der Waals surface area contributed by atoms with Gasteiger partial charge in [-0.15, -0.1) is 11.3 Å².